The molecule has 3 aromatic heterocycles. The Hall–Kier alpha value is -4.22. The number of amides is 1. The number of nitrogens with zero attached hydrogens (tertiary/aromatic N) is 4. The highest BCUT2D eigenvalue weighted by Crippen LogP contribution is 2.44. The molecule has 0 radical (unpaired) electrons. The number of nitrogens with one attached hydrogen (secondary N) is 1. The Balaban J connectivity index is 0.000000217. The Bertz CT molecular complexity index is 1640. The molecule has 10 nitrogen and oxygen atoms in total. The predicted molar refractivity (Wildman–Crippen MR) is 150 cm³/mol. The Morgan fingerprint density at radius 3 is 2.67 bits per heavy atom. The lowest BCUT2D eigenvalue weighted by molar-refractivity contribution is 0.174. The minimum Gasteiger partial charge on any atom is -0.492 e. The Kier molecular flexibility index (Phi) is 7.89. The summed E-state index contributed by atoms with van der Waals surface area (Å²) in [6, 6.07) is 9.60. The van der Waals surface area contributed by atoms with Crippen molar-refractivity contribution < 1.29 is 23.7 Å². The van der Waals surface area contributed by atoms with Gasteiger partial charge in [-0.1, -0.05) is 11.6 Å². The third kappa shape index (κ3) is 5.94. The standard InChI is InChI=1S/C20H15ClN2O3S.C7H9N3O2/c1-2-24-13-8-11-7-12(21)9-14(17(11)22-10-13)20-23-15-3-4-16-18(19(15)27-20)26-6-5-25-16;1-5-8-3-6(4-9-5)10-7(11)12-2/h3-4,7-10H,2,5-6H2,1H3;3-4H,1-2H3,(H,10,11). The molecule has 0 bridgehead atoms. The summed E-state index contributed by atoms with van der Waals surface area (Å²) in [6.07, 6.45) is 4.23. The second-order valence-electron chi connectivity index (χ2n) is 8.22. The van der Waals surface area contributed by atoms with Gasteiger partial charge in [-0.25, -0.2) is 19.7 Å². The molecular formula is C27H24ClN5O5S. The zero-order valence-electron chi connectivity index (χ0n) is 21.4. The Morgan fingerprint density at radius 1 is 1.10 bits per heavy atom. The van der Waals surface area contributed by atoms with Crippen LogP contribution < -0.4 is 19.5 Å². The fraction of sp³-hybridized carbons (Fsp3) is 0.222. The summed E-state index contributed by atoms with van der Waals surface area (Å²) < 4.78 is 22.4. The van der Waals surface area contributed by atoms with E-state index in [4.69, 9.17) is 30.8 Å². The minimum atomic E-state index is -0.526. The fourth-order valence-electron chi connectivity index (χ4n) is 3.84. The average Bonchev–Trinajstić information content (AvgIpc) is 3.39. The van der Waals surface area contributed by atoms with E-state index in [9.17, 15) is 4.79 Å². The van der Waals surface area contributed by atoms with E-state index < -0.39 is 6.09 Å². The molecule has 0 aliphatic carbocycles. The molecule has 12 heteroatoms. The van der Waals surface area contributed by atoms with Crippen molar-refractivity contribution >= 4 is 55.8 Å². The lowest BCUT2D eigenvalue weighted by atomic mass is 10.1. The molecule has 0 atom stereocenters. The van der Waals surface area contributed by atoms with Crippen molar-refractivity contribution in [2.45, 2.75) is 13.8 Å². The van der Waals surface area contributed by atoms with Crippen LogP contribution in [0.3, 0.4) is 0 Å². The lowest BCUT2D eigenvalue weighted by Crippen LogP contribution is -2.15. The van der Waals surface area contributed by atoms with Crippen molar-refractivity contribution in [3.05, 3.63) is 59.8 Å². The normalized spacial score (nSPS) is 12.0. The van der Waals surface area contributed by atoms with Crippen LogP contribution >= 0.6 is 22.9 Å². The SMILES string of the molecule is CCOc1cnc2c(-c3nc4ccc5c(c4s3)OCCO5)cc(Cl)cc2c1.COC(=O)Nc1cnc(C)nc1. The first-order valence-electron chi connectivity index (χ1n) is 12.0. The molecule has 1 N–H and O–H groups in total. The van der Waals surface area contributed by atoms with Gasteiger partial charge in [-0.2, -0.15) is 0 Å². The molecule has 1 aliphatic heterocycles. The highest BCUT2D eigenvalue weighted by atomic mass is 35.5. The molecule has 6 rings (SSSR count). The number of methoxy groups -OCH3 is 1. The van der Waals surface area contributed by atoms with Gasteiger partial charge in [0.05, 0.1) is 49.0 Å². The first kappa shape index (κ1) is 26.4. The number of thiazole rings is 1. The number of aryl methyl sites for hydroxylation is 1. The third-order valence-electron chi connectivity index (χ3n) is 5.54. The van der Waals surface area contributed by atoms with Gasteiger partial charge in [0.25, 0.3) is 0 Å². The predicted octanol–water partition coefficient (Wildman–Crippen LogP) is 6.30. The zero-order valence-corrected chi connectivity index (χ0v) is 22.9. The lowest BCUT2D eigenvalue weighted by Gasteiger charge is -2.18. The van der Waals surface area contributed by atoms with Crippen molar-refractivity contribution in [3.63, 3.8) is 0 Å². The number of carbonyl (C=O) groups is 1. The van der Waals surface area contributed by atoms with E-state index in [2.05, 4.69) is 25.0 Å². The Labute approximate surface area is 232 Å². The summed E-state index contributed by atoms with van der Waals surface area (Å²) >= 11 is 7.94. The number of anilines is 1. The van der Waals surface area contributed by atoms with Crippen LogP contribution in [-0.2, 0) is 4.74 Å². The van der Waals surface area contributed by atoms with E-state index >= 15 is 0 Å². The van der Waals surface area contributed by atoms with Crippen LogP contribution in [0.5, 0.6) is 17.2 Å². The van der Waals surface area contributed by atoms with Crippen LogP contribution in [-0.4, -0.2) is 53.0 Å². The number of pyridine rings is 1. The maximum Gasteiger partial charge on any atom is 0.411 e. The maximum absolute atomic E-state index is 10.7. The molecule has 0 unspecified atom stereocenters. The quantitative estimate of drug-likeness (QED) is 0.268. The molecule has 0 saturated carbocycles. The second kappa shape index (κ2) is 11.7. The Morgan fingerprint density at radius 2 is 1.90 bits per heavy atom. The number of aromatic nitrogens is 4. The van der Waals surface area contributed by atoms with Crippen LogP contribution in [0.4, 0.5) is 10.5 Å². The van der Waals surface area contributed by atoms with E-state index in [1.165, 1.54) is 19.5 Å². The molecule has 4 heterocycles. The van der Waals surface area contributed by atoms with Crippen molar-refractivity contribution in [1.82, 2.24) is 19.9 Å². The summed E-state index contributed by atoms with van der Waals surface area (Å²) in [6.45, 7) is 5.41. The molecule has 0 saturated heterocycles. The highest BCUT2D eigenvalue weighted by Gasteiger charge is 2.20. The van der Waals surface area contributed by atoms with Gasteiger partial charge in [-0.05, 0) is 44.2 Å². The molecule has 39 heavy (non-hydrogen) atoms. The summed E-state index contributed by atoms with van der Waals surface area (Å²) in [5, 5.41) is 4.83. The van der Waals surface area contributed by atoms with E-state index in [1.807, 2.05) is 37.3 Å². The molecule has 2 aromatic carbocycles. The molecule has 200 valence electrons. The van der Waals surface area contributed by atoms with Crippen LogP contribution in [0.1, 0.15) is 12.7 Å². The summed E-state index contributed by atoms with van der Waals surface area (Å²) in [5.74, 6) is 2.91. The van der Waals surface area contributed by atoms with Gasteiger partial charge in [0.1, 0.15) is 34.5 Å². The monoisotopic (exact) mass is 565 g/mol. The van der Waals surface area contributed by atoms with E-state index in [1.54, 1.807) is 24.5 Å². The van der Waals surface area contributed by atoms with Crippen molar-refractivity contribution in [2.24, 2.45) is 0 Å². The van der Waals surface area contributed by atoms with Gasteiger partial charge >= 0.3 is 6.09 Å². The topological polar surface area (TPSA) is 118 Å². The second-order valence-corrected chi connectivity index (χ2v) is 9.66. The third-order valence-corrected chi connectivity index (χ3v) is 6.86. The van der Waals surface area contributed by atoms with Gasteiger partial charge < -0.3 is 18.9 Å². The molecule has 5 aromatic rings. The number of carbonyl (C=O) groups excluding carboxylic acids is 1. The molecule has 0 fully saturated rings. The average molecular weight is 566 g/mol. The van der Waals surface area contributed by atoms with Gasteiger partial charge in [-0.15, -0.1) is 11.3 Å². The van der Waals surface area contributed by atoms with Crippen LogP contribution in [0.25, 0.3) is 31.7 Å². The summed E-state index contributed by atoms with van der Waals surface area (Å²) in [7, 11) is 1.30. The van der Waals surface area contributed by atoms with Crippen molar-refractivity contribution in [3.8, 4) is 27.8 Å². The number of benzene rings is 2. The molecular weight excluding hydrogens is 542 g/mol. The van der Waals surface area contributed by atoms with Gasteiger partial charge in [0.2, 0.25) is 0 Å². The summed E-state index contributed by atoms with van der Waals surface area (Å²) in [4.78, 5) is 27.8. The number of fused-ring (bicyclic) bond motifs is 4. The largest absolute Gasteiger partial charge is 0.492 e. The van der Waals surface area contributed by atoms with E-state index in [0.717, 1.165) is 48.9 Å². The zero-order chi connectivity index (χ0) is 27.4. The van der Waals surface area contributed by atoms with Gasteiger partial charge in [0, 0.05) is 16.0 Å². The van der Waals surface area contributed by atoms with Gasteiger partial charge in [-0.3, -0.25) is 10.3 Å². The smallest absolute Gasteiger partial charge is 0.411 e. The first-order chi connectivity index (χ1) is 18.9. The molecule has 1 amide bonds. The van der Waals surface area contributed by atoms with Crippen molar-refractivity contribution in [1.29, 1.82) is 0 Å². The van der Waals surface area contributed by atoms with Crippen LogP contribution in [0, 0.1) is 6.92 Å². The fourth-order valence-corrected chi connectivity index (χ4v) is 5.14. The summed E-state index contributed by atoms with van der Waals surface area (Å²) in [5.41, 5.74) is 3.13. The number of ether oxygens (including phenoxy) is 4. The first-order valence-corrected chi connectivity index (χ1v) is 13.2. The maximum atomic E-state index is 10.7. The number of halogens is 1. The van der Waals surface area contributed by atoms with Gasteiger partial charge in [0.15, 0.2) is 11.5 Å². The van der Waals surface area contributed by atoms with Crippen molar-refractivity contribution in [2.75, 3.05) is 32.2 Å². The van der Waals surface area contributed by atoms with Crippen LogP contribution in [0.2, 0.25) is 5.02 Å². The van der Waals surface area contributed by atoms with E-state index in [0.29, 0.717) is 36.4 Å². The van der Waals surface area contributed by atoms with E-state index in [-0.39, 0.29) is 0 Å². The number of rotatable bonds is 4. The molecule has 1 aliphatic rings. The minimum absolute atomic E-state index is 0.521. The molecule has 0 spiro atoms. The van der Waals surface area contributed by atoms with Crippen LogP contribution in [0.15, 0.2) is 48.9 Å². The highest BCUT2D eigenvalue weighted by molar-refractivity contribution is 7.22. The number of hydrogen-bond donors (Lipinski definition) is 1. The number of hydrogen-bond acceptors (Lipinski definition) is 10.